The molecule has 0 bridgehead atoms. The van der Waals surface area contributed by atoms with E-state index >= 15 is 0 Å². The number of rotatable bonds is 5. The fraction of sp³-hybridized carbons (Fsp3) is 0.314. The highest BCUT2D eigenvalue weighted by atomic mass is 127. The van der Waals surface area contributed by atoms with Crippen molar-refractivity contribution in [1.29, 1.82) is 0 Å². The topological polar surface area (TPSA) is 57.2 Å². The van der Waals surface area contributed by atoms with E-state index in [-0.39, 0.29) is 42.3 Å². The van der Waals surface area contributed by atoms with Gasteiger partial charge in [0.2, 0.25) is 0 Å². The Morgan fingerprint density at radius 1 is 0.500 bits per heavy atom. The van der Waals surface area contributed by atoms with Gasteiger partial charge in [-0.2, -0.15) is 0 Å². The molecule has 0 aliphatic carbocycles. The van der Waals surface area contributed by atoms with Crippen molar-refractivity contribution in [2.24, 2.45) is 0 Å². The maximum Gasteiger partial charge on any atom is 0.357 e. The third-order valence-corrected chi connectivity index (χ3v) is 10.5. The third-order valence-electron chi connectivity index (χ3n) is 7.00. The van der Waals surface area contributed by atoms with Crippen LogP contribution in [0.25, 0.3) is 0 Å². The molecule has 4 rings (SSSR count). The highest BCUT2D eigenvalue weighted by molar-refractivity contribution is 7.85. The van der Waals surface area contributed by atoms with Crippen LogP contribution in [0.3, 0.4) is 0 Å². The van der Waals surface area contributed by atoms with Crippen LogP contribution in [-0.4, -0.2) is 13.0 Å². The van der Waals surface area contributed by atoms with Gasteiger partial charge in [0, 0.05) is 5.41 Å². The summed E-state index contributed by atoms with van der Waals surface area (Å²) in [6.45, 7) is 17.7. The summed E-state index contributed by atoms with van der Waals surface area (Å²) in [5, 5.41) is 0. The molecule has 0 fully saturated rings. The van der Waals surface area contributed by atoms with Crippen molar-refractivity contribution in [2.45, 2.75) is 76.5 Å². The predicted octanol–water partition coefficient (Wildman–Crippen LogP) is 5.33. The highest BCUT2D eigenvalue weighted by Gasteiger charge is 2.23. The maximum atomic E-state index is 10.9. The minimum absolute atomic E-state index is 0.0703. The molecule has 40 heavy (non-hydrogen) atoms. The zero-order valence-electron chi connectivity index (χ0n) is 24.8. The molecule has 0 heterocycles. The maximum absolute atomic E-state index is 10.9. The van der Waals surface area contributed by atoms with E-state index in [9.17, 15) is 13.0 Å². The van der Waals surface area contributed by atoms with E-state index in [1.165, 1.54) is 30.4 Å². The second-order valence-corrected chi connectivity index (χ2v) is 17.0. The second kappa shape index (κ2) is 12.6. The minimum atomic E-state index is -4.38. The predicted molar refractivity (Wildman–Crippen MR) is 161 cm³/mol. The lowest BCUT2D eigenvalue weighted by atomic mass is 9.78. The summed E-state index contributed by atoms with van der Waals surface area (Å²) < 4.78 is 35.7. The Morgan fingerprint density at radius 3 is 1.20 bits per heavy atom. The Balaban J connectivity index is 0.000000222. The Kier molecular flexibility index (Phi) is 10.1. The summed E-state index contributed by atoms with van der Waals surface area (Å²) in [7, 11) is -4.38. The SMILES string of the molecule is CC(C)(C)c1ccc([I+]c2ccc(C(C)(C)C)cc2)cc1.CC(C)(c1ccccc1)c1ccc(S(=O)(=O)[O-])cc1. The number of halogens is 1. The van der Waals surface area contributed by atoms with Gasteiger partial charge in [0.15, 0.2) is 7.14 Å². The normalized spacial score (nSPS) is 12.4. The molecule has 0 atom stereocenters. The van der Waals surface area contributed by atoms with Crippen molar-refractivity contribution in [3.8, 4) is 0 Å². The van der Waals surface area contributed by atoms with E-state index in [1.807, 2.05) is 30.3 Å². The molecule has 5 heteroatoms. The molecule has 0 amide bonds. The molecule has 0 aliphatic heterocycles. The number of benzene rings is 4. The van der Waals surface area contributed by atoms with Crippen LogP contribution in [0.15, 0.2) is 108 Å². The van der Waals surface area contributed by atoms with Crippen molar-refractivity contribution < 1.29 is 34.2 Å². The van der Waals surface area contributed by atoms with E-state index in [4.69, 9.17) is 0 Å². The zero-order chi connectivity index (χ0) is 29.8. The van der Waals surface area contributed by atoms with Crippen LogP contribution in [0.2, 0.25) is 0 Å². The summed E-state index contributed by atoms with van der Waals surface area (Å²) >= 11 is -0.0703. The Bertz CT molecular complexity index is 1420. The van der Waals surface area contributed by atoms with Gasteiger partial charge in [-0.05, 0) is 69.5 Å². The van der Waals surface area contributed by atoms with Crippen molar-refractivity contribution in [3.05, 3.63) is 133 Å². The first-order valence-electron chi connectivity index (χ1n) is 13.5. The number of hydrogen-bond acceptors (Lipinski definition) is 3. The van der Waals surface area contributed by atoms with Crippen molar-refractivity contribution >= 4 is 10.1 Å². The molecule has 4 aromatic carbocycles. The lowest BCUT2D eigenvalue weighted by Gasteiger charge is -2.26. The molecule has 0 saturated carbocycles. The molecular weight excluding hydrogens is 627 g/mol. The summed E-state index contributed by atoms with van der Waals surface area (Å²) in [4.78, 5) is -0.194. The molecule has 0 aromatic heterocycles. The van der Waals surface area contributed by atoms with Gasteiger partial charge in [0.1, 0.15) is 10.1 Å². The van der Waals surface area contributed by atoms with Gasteiger partial charge < -0.3 is 4.55 Å². The van der Waals surface area contributed by atoms with Crippen LogP contribution in [0.5, 0.6) is 0 Å². The van der Waals surface area contributed by atoms with Gasteiger partial charge in [-0.3, -0.25) is 0 Å². The summed E-state index contributed by atoms with van der Waals surface area (Å²) in [6.07, 6.45) is 0. The molecule has 4 aromatic rings. The summed E-state index contributed by atoms with van der Waals surface area (Å²) in [5.41, 5.74) is 5.17. The first-order valence-corrected chi connectivity index (χ1v) is 17.0. The van der Waals surface area contributed by atoms with Gasteiger partial charge in [-0.15, -0.1) is 0 Å². The molecule has 3 nitrogen and oxygen atoms in total. The second-order valence-electron chi connectivity index (χ2n) is 12.6. The molecule has 0 unspecified atom stereocenters. The van der Waals surface area contributed by atoms with Crippen LogP contribution < -0.4 is 21.2 Å². The van der Waals surface area contributed by atoms with Gasteiger partial charge in [0.05, 0.1) is 4.90 Å². The van der Waals surface area contributed by atoms with Gasteiger partial charge in [-0.1, -0.05) is 122 Å². The standard InChI is InChI=1S/C20H26I.C15H16O3S/c1-19(2,3)15-7-11-17(12-8-15)21-18-13-9-16(10-14-18)20(4,5)6;1-15(2,12-6-4-3-5-7-12)13-8-10-14(11-9-13)19(16,17)18/h7-14H,1-6H3;3-11H,1-2H3,(H,16,17,18)/q+1;/p-1. The molecule has 0 aliphatic rings. The van der Waals surface area contributed by atoms with Crippen molar-refractivity contribution in [1.82, 2.24) is 0 Å². The van der Waals surface area contributed by atoms with Gasteiger partial charge >= 0.3 is 21.2 Å². The first kappa shape index (κ1) is 32.0. The van der Waals surface area contributed by atoms with E-state index < -0.39 is 10.1 Å². The Morgan fingerprint density at radius 2 is 0.850 bits per heavy atom. The average Bonchev–Trinajstić information content (AvgIpc) is 2.89. The molecule has 0 spiro atoms. The first-order chi connectivity index (χ1) is 18.5. The third kappa shape index (κ3) is 8.76. The van der Waals surface area contributed by atoms with Gasteiger partial charge in [-0.25, -0.2) is 8.42 Å². The van der Waals surface area contributed by atoms with E-state index in [1.54, 1.807) is 12.1 Å². The van der Waals surface area contributed by atoms with Crippen LogP contribution in [-0.2, 0) is 26.4 Å². The van der Waals surface area contributed by atoms with E-state index in [0.717, 1.165) is 11.1 Å². The summed E-state index contributed by atoms with van der Waals surface area (Å²) in [5.74, 6) is 0. The summed E-state index contributed by atoms with van der Waals surface area (Å²) in [6, 6.07) is 34.5. The van der Waals surface area contributed by atoms with E-state index in [2.05, 4.69) is 104 Å². The molecule has 0 radical (unpaired) electrons. The van der Waals surface area contributed by atoms with Crippen LogP contribution in [0, 0.1) is 7.14 Å². The number of hydrogen-bond donors (Lipinski definition) is 0. The lowest BCUT2D eigenvalue weighted by molar-refractivity contribution is -0.597. The fourth-order valence-electron chi connectivity index (χ4n) is 4.21. The van der Waals surface area contributed by atoms with Gasteiger partial charge in [0.25, 0.3) is 0 Å². The quantitative estimate of drug-likeness (QED) is 0.214. The van der Waals surface area contributed by atoms with Crippen LogP contribution in [0.4, 0.5) is 0 Å². The molecule has 212 valence electrons. The highest BCUT2D eigenvalue weighted by Crippen LogP contribution is 2.31. The molecule has 0 N–H and O–H groups in total. The van der Waals surface area contributed by atoms with E-state index in [0.29, 0.717) is 0 Å². The zero-order valence-corrected chi connectivity index (χ0v) is 27.8. The molecule has 0 saturated heterocycles. The smallest absolute Gasteiger partial charge is 0.357 e. The van der Waals surface area contributed by atoms with Crippen molar-refractivity contribution in [3.63, 3.8) is 0 Å². The minimum Gasteiger partial charge on any atom is -0.744 e. The fourth-order valence-corrected chi connectivity index (χ4v) is 6.84. The Labute approximate surface area is 252 Å². The lowest BCUT2D eigenvalue weighted by Crippen LogP contribution is -3.61. The Hall–Kier alpha value is -2.48. The monoisotopic (exact) mass is 668 g/mol. The average molecular weight is 669 g/mol. The van der Waals surface area contributed by atoms with Crippen LogP contribution in [0.1, 0.15) is 77.6 Å². The van der Waals surface area contributed by atoms with Crippen LogP contribution >= 0.6 is 0 Å². The largest absolute Gasteiger partial charge is 0.744 e. The van der Waals surface area contributed by atoms with Crippen molar-refractivity contribution in [2.75, 3.05) is 0 Å². The molecular formula is C35H41IO3S.